The van der Waals surface area contributed by atoms with Crippen LogP contribution in [0.5, 0.6) is 0 Å². The van der Waals surface area contributed by atoms with Crippen molar-refractivity contribution in [1.82, 2.24) is 5.32 Å². The van der Waals surface area contributed by atoms with E-state index in [-0.39, 0.29) is 24.1 Å². The maximum atomic E-state index is 13.7. The van der Waals surface area contributed by atoms with Crippen molar-refractivity contribution in [2.75, 3.05) is 5.32 Å². The highest BCUT2D eigenvalue weighted by Gasteiger charge is 2.32. The molecule has 0 unspecified atom stereocenters. The first kappa shape index (κ1) is 19.1. The fraction of sp³-hybridized carbons (Fsp3) is 0.136. The number of nitrogens with zero attached hydrogens (tertiary/aromatic N) is 1. The molecule has 0 spiro atoms. The number of aliphatic imine (C=N–C) groups is 1. The van der Waals surface area contributed by atoms with Gasteiger partial charge in [-0.1, -0.05) is 48.2 Å². The SMILES string of the molecule is Cc1ccc(N=C2NC(=O)[C@H](CC(=O)Nc3ccc4ccccc4c3)S2)cc1F. The summed E-state index contributed by atoms with van der Waals surface area (Å²) in [5.74, 6) is -0.891. The Balaban J connectivity index is 1.40. The summed E-state index contributed by atoms with van der Waals surface area (Å²) in [5.41, 5.74) is 1.62. The Morgan fingerprint density at radius 1 is 1.14 bits per heavy atom. The van der Waals surface area contributed by atoms with E-state index in [9.17, 15) is 14.0 Å². The van der Waals surface area contributed by atoms with Crippen molar-refractivity contribution in [3.8, 4) is 0 Å². The number of anilines is 1. The van der Waals surface area contributed by atoms with E-state index in [1.807, 2.05) is 42.5 Å². The summed E-state index contributed by atoms with van der Waals surface area (Å²) in [6, 6.07) is 18.2. The van der Waals surface area contributed by atoms with Gasteiger partial charge in [0.05, 0.1) is 5.69 Å². The minimum Gasteiger partial charge on any atom is -0.326 e. The van der Waals surface area contributed by atoms with Crippen LogP contribution in [0.2, 0.25) is 0 Å². The first-order valence-electron chi connectivity index (χ1n) is 9.09. The van der Waals surface area contributed by atoms with Gasteiger partial charge in [0.15, 0.2) is 5.17 Å². The summed E-state index contributed by atoms with van der Waals surface area (Å²) >= 11 is 1.17. The average Bonchev–Trinajstić information content (AvgIpc) is 3.03. The number of benzene rings is 3. The van der Waals surface area contributed by atoms with Crippen LogP contribution in [0.1, 0.15) is 12.0 Å². The molecule has 1 aliphatic heterocycles. The van der Waals surface area contributed by atoms with Crippen molar-refractivity contribution >= 4 is 50.9 Å². The Kier molecular flexibility index (Phi) is 5.31. The molecule has 1 saturated heterocycles. The van der Waals surface area contributed by atoms with Gasteiger partial charge >= 0.3 is 0 Å². The minimum atomic E-state index is -0.579. The molecule has 1 heterocycles. The van der Waals surface area contributed by atoms with Gasteiger partial charge in [-0.05, 0) is 47.5 Å². The van der Waals surface area contributed by atoms with Crippen LogP contribution in [0.25, 0.3) is 10.8 Å². The van der Waals surface area contributed by atoms with E-state index in [4.69, 9.17) is 0 Å². The molecular formula is C22H18FN3O2S. The number of rotatable bonds is 4. The van der Waals surface area contributed by atoms with Gasteiger partial charge in [0.2, 0.25) is 11.8 Å². The molecule has 3 aromatic rings. The van der Waals surface area contributed by atoms with Gasteiger partial charge in [-0.3, -0.25) is 9.59 Å². The highest BCUT2D eigenvalue weighted by atomic mass is 32.2. The van der Waals surface area contributed by atoms with E-state index >= 15 is 0 Å². The van der Waals surface area contributed by atoms with Gasteiger partial charge in [-0.25, -0.2) is 9.38 Å². The molecule has 146 valence electrons. The summed E-state index contributed by atoms with van der Waals surface area (Å²) < 4.78 is 13.7. The van der Waals surface area contributed by atoms with Gasteiger partial charge in [0.1, 0.15) is 11.1 Å². The van der Waals surface area contributed by atoms with Gasteiger partial charge in [0, 0.05) is 12.1 Å². The number of nitrogens with one attached hydrogen (secondary N) is 2. The quantitative estimate of drug-likeness (QED) is 0.667. The molecule has 7 heteroatoms. The lowest BCUT2D eigenvalue weighted by Gasteiger charge is -2.08. The normalized spacial score (nSPS) is 17.5. The Bertz CT molecular complexity index is 1150. The van der Waals surface area contributed by atoms with E-state index in [1.165, 1.54) is 17.8 Å². The topological polar surface area (TPSA) is 70.6 Å². The number of aryl methyl sites for hydroxylation is 1. The summed E-state index contributed by atoms with van der Waals surface area (Å²) in [7, 11) is 0. The summed E-state index contributed by atoms with van der Waals surface area (Å²) in [5, 5.41) is 7.39. The van der Waals surface area contributed by atoms with Crippen LogP contribution < -0.4 is 10.6 Å². The van der Waals surface area contributed by atoms with Gasteiger partial charge in [0.25, 0.3) is 0 Å². The monoisotopic (exact) mass is 407 g/mol. The predicted octanol–water partition coefficient (Wildman–Crippen LogP) is 4.54. The lowest BCUT2D eigenvalue weighted by atomic mass is 10.1. The number of fused-ring (bicyclic) bond motifs is 1. The van der Waals surface area contributed by atoms with Crippen LogP contribution >= 0.6 is 11.8 Å². The number of thioether (sulfide) groups is 1. The molecule has 0 radical (unpaired) electrons. The number of amidine groups is 1. The average molecular weight is 407 g/mol. The fourth-order valence-electron chi connectivity index (χ4n) is 3.01. The number of halogens is 1. The van der Waals surface area contributed by atoms with Crippen molar-refractivity contribution in [3.05, 3.63) is 72.0 Å². The van der Waals surface area contributed by atoms with Crippen molar-refractivity contribution in [1.29, 1.82) is 0 Å². The largest absolute Gasteiger partial charge is 0.326 e. The van der Waals surface area contributed by atoms with Crippen molar-refractivity contribution < 1.29 is 14.0 Å². The Labute approximate surface area is 171 Å². The second-order valence-electron chi connectivity index (χ2n) is 6.76. The molecular weight excluding hydrogens is 389 g/mol. The number of carbonyl (C=O) groups is 2. The third-order valence-electron chi connectivity index (χ3n) is 4.57. The van der Waals surface area contributed by atoms with Crippen LogP contribution in [-0.2, 0) is 9.59 Å². The van der Waals surface area contributed by atoms with Crippen molar-refractivity contribution in [2.45, 2.75) is 18.6 Å². The van der Waals surface area contributed by atoms with Crippen LogP contribution in [0.15, 0.2) is 65.7 Å². The second kappa shape index (κ2) is 8.05. The van der Waals surface area contributed by atoms with Crippen LogP contribution in [-0.4, -0.2) is 22.2 Å². The summed E-state index contributed by atoms with van der Waals surface area (Å²) in [4.78, 5) is 28.9. The van der Waals surface area contributed by atoms with E-state index in [0.29, 0.717) is 22.1 Å². The molecule has 5 nitrogen and oxygen atoms in total. The number of hydrogen-bond acceptors (Lipinski definition) is 4. The Morgan fingerprint density at radius 3 is 2.72 bits per heavy atom. The minimum absolute atomic E-state index is 0.0185. The zero-order chi connectivity index (χ0) is 20.4. The first-order chi connectivity index (χ1) is 14.0. The highest BCUT2D eigenvalue weighted by molar-refractivity contribution is 8.15. The predicted molar refractivity (Wildman–Crippen MR) is 115 cm³/mol. The Morgan fingerprint density at radius 2 is 1.93 bits per heavy atom. The third-order valence-corrected chi connectivity index (χ3v) is 5.65. The maximum Gasteiger partial charge on any atom is 0.240 e. The van der Waals surface area contributed by atoms with Crippen LogP contribution in [0, 0.1) is 12.7 Å². The zero-order valence-electron chi connectivity index (χ0n) is 15.6. The van der Waals surface area contributed by atoms with Gasteiger partial charge in [-0.2, -0.15) is 0 Å². The smallest absolute Gasteiger partial charge is 0.240 e. The molecule has 1 aliphatic rings. The summed E-state index contributed by atoms with van der Waals surface area (Å²) in [6.45, 7) is 1.67. The highest BCUT2D eigenvalue weighted by Crippen LogP contribution is 2.27. The molecule has 1 fully saturated rings. The van der Waals surface area contributed by atoms with E-state index in [2.05, 4.69) is 15.6 Å². The molecule has 0 aromatic heterocycles. The van der Waals surface area contributed by atoms with Crippen molar-refractivity contribution in [3.63, 3.8) is 0 Å². The van der Waals surface area contributed by atoms with Gasteiger partial charge < -0.3 is 10.6 Å². The third kappa shape index (κ3) is 4.46. The molecule has 1 atom stereocenters. The lowest BCUT2D eigenvalue weighted by molar-refractivity contribution is -0.122. The van der Waals surface area contributed by atoms with Crippen LogP contribution in [0.3, 0.4) is 0 Å². The van der Waals surface area contributed by atoms with Crippen molar-refractivity contribution in [2.24, 2.45) is 4.99 Å². The molecule has 0 saturated carbocycles. The Hall–Kier alpha value is -3.19. The standard InChI is InChI=1S/C22H18FN3O2S/c1-13-6-8-17(11-18(13)23)25-22-26-21(28)19(29-22)12-20(27)24-16-9-7-14-4-2-3-5-15(14)10-16/h2-11,19H,12H2,1H3,(H,24,27)(H,25,26,28)/t19-/m0/s1. The maximum absolute atomic E-state index is 13.7. The second-order valence-corrected chi connectivity index (χ2v) is 7.95. The van der Waals surface area contributed by atoms with E-state index in [1.54, 1.807) is 19.1 Å². The number of amides is 2. The number of carbonyl (C=O) groups excluding carboxylic acids is 2. The molecule has 0 aliphatic carbocycles. The lowest BCUT2D eigenvalue weighted by Crippen LogP contribution is -2.28. The molecule has 2 N–H and O–H groups in total. The van der Waals surface area contributed by atoms with E-state index < -0.39 is 5.25 Å². The molecule has 2 amide bonds. The molecule has 0 bridgehead atoms. The van der Waals surface area contributed by atoms with Gasteiger partial charge in [-0.15, -0.1) is 0 Å². The molecule has 29 heavy (non-hydrogen) atoms. The molecule has 3 aromatic carbocycles. The van der Waals surface area contributed by atoms with Crippen LogP contribution in [0.4, 0.5) is 15.8 Å². The molecule has 4 rings (SSSR count). The first-order valence-corrected chi connectivity index (χ1v) is 9.97. The number of hydrogen-bond donors (Lipinski definition) is 2. The zero-order valence-corrected chi connectivity index (χ0v) is 16.4. The summed E-state index contributed by atoms with van der Waals surface area (Å²) in [6.07, 6.45) is 0.0185. The van der Waals surface area contributed by atoms with E-state index in [0.717, 1.165) is 10.8 Å². The fourth-order valence-corrected chi connectivity index (χ4v) is 4.00.